The largest absolute Gasteiger partial charge is 0.383 e. The highest BCUT2D eigenvalue weighted by Crippen LogP contribution is 2.01. The van der Waals surface area contributed by atoms with E-state index in [2.05, 4.69) is 20.8 Å². The van der Waals surface area contributed by atoms with Gasteiger partial charge in [-0.2, -0.15) is 0 Å². The predicted molar refractivity (Wildman–Crippen MR) is 61.7 cm³/mol. The molecule has 4 heteroatoms. The first kappa shape index (κ1) is 13.4. The van der Waals surface area contributed by atoms with Crippen molar-refractivity contribution in [3.63, 3.8) is 0 Å². The van der Waals surface area contributed by atoms with Gasteiger partial charge in [0.2, 0.25) is 0 Å². The lowest BCUT2D eigenvalue weighted by atomic mass is 10.3. The Labute approximate surface area is 94.0 Å². The molecule has 13 heavy (non-hydrogen) atoms. The van der Waals surface area contributed by atoms with E-state index in [0.29, 0.717) is 0 Å². The number of halogens is 2. The molecule has 0 fully saturated rings. The van der Waals surface area contributed by atoms with Crippen molar-refractivity contribution in [1.29, 1.82) is 0 Å². The molecule has 0 aliphatic carbocycles. The smallest absolute Gasteiger partial charge is 0.0589 e. The van der Waals surface area contributed by atoms with Crippen LogP contribution in [0.4, 0.5) is 0 Å². The molecule has 0 aromatic rings. The number of ether oxygens (including phenoxy) is 1. The number of rotatable bonds is 7. The van der Waals surface area contributed by atoms with Gasteiger partial charge in [0.1, 0.15) is 0 Å². The van der Waals surface area contributed by atoms with Crippen molar-refractivity contribution >= 4 is 27.5 Å². The van der Waals surface area contributed by atoms with Crippen LogP contribution in [0.15, 0.2) is 11.1 Å². The predicted octanol–water partition coefficient (Wildman–Crippen LogP) is 2.47. The minimum Gasteiger partial charge on any atom is -0.383 e. The molecule has 0 saturated carbocycles. The second-order valence-corrected chi connectivity index (χ2v) is 3.92. The van der Waals surface area contributed by atoms with Crippen molar-refractivity contribution < 1.29 is 4.74 Å². The fourth-order valence-corrected chi connectivity index (χ4v) is 1.57. The third-order valence-electron chi connectivity index (χ3n) is 1.67. The Hall–Kier alpha value is 0.430. The molecule has 0 aromatic heterocycles. The van der Waals surface area contributed by atoms with E-state index >= 15 is 0 Å². The first-order valence-corrected chi connectivity index (χ1v) is 5.83. The van der Waals surface area contributed by atoms with Gasteiger partial charge in [-0.05, 0) is 12.5 Å². The summed E-state index contributed by atoms with van der Waals surface area (Å²) < 4.78 is 5.02. The van der Waals surface area contributed by atoms with E-state index in [1.54, 1.807) is 12.6 Å². The molecule has 0 radical (unpaired) electrons. The highest BCUT2D eigenvalue weighted by Gasteiger charge is 2.03. The summed E-state index contributed by atoms with van der Waals surface area (Å²) in [5.41, 5.74) is 2.81. The number of alkyl halides is 1. The quantitative estimate of drug-likeness (QED) is 0.659. The van der Waals surface area contributed by atoms with E-state index < -0.39 is 0 Å². The average molecular weight is 271 g/mol. The molecular formula is C9H17BrClNO. The summed E-state index contributed by atoms with van der Waals surface area (Å²) in [6.07, 6.45) is 0. The minimum absolute atomic E-state index is 0.766. The summed E-state index contributed by atoms with van der Waals surface area (Å²) in [5.74, 6) is 0. The Kier molecular flexibility index (Phi) is 9.30. The van der Waals surface area contributed by atoms with E-state index in [1.165, 1.54) is 5.57 Å². The van der Waals surface area contributed by atoms with Crippen LogP contribution in [0.5, 0.6) is 0 Å². The van der Waals surface area contributed by atoms with Crippen molar-refractivity contribution in [3.05, 3.63) is 11.1 Å². The first-order valence-electron chi connectivity index (χ1n) is 4.27. The van der Waals surface area contributed by atoms with E-state index in [-0.39, 0.29) is 0 Å². The summed E-state index contributed by atoms with van der Waals surface area (Å²) in [4.78, 5) is 2.30. The number of nitrogens with zero attached hydrogens (tertiary/aromatic N) is 1. The summed E-state index contributed by atoms with van der Waals surface area (Å²) >= 11 is 9.02. The Morgan fingerprint density at radius 1 is 1.54 bits per heavy atom. The zero-order valence-electron chi connectivity index (χ0n) is 8.22. The molecule has 0 N–H and O–H groups in total. The van der Waals surface area contributed by atoms with E-state index in [4.69, 9.17) is 16.3 Å². The number of hydrogen-bond donors (Lipinski definition) is 0. The van der Waals surface area contributed by atoms with Crippen LogP contribution in [0, 0.1) is 0 Å². The van der Waals surface area contributed by atoms with Crippen LogP contribution in [0.3, 0.4) is 0 Å². The van der Waals surface area contributed by atoms with Crippen LogP contribution < -0.4 is 0 Å². The van der Waals surface area contributed by atoms with Crippen molar-refractivity contribution in [3.8, 4) is 0 Å². The molecule has 0 heterocycles. The third kappa shape index (κ3) is 7.50. The van der Waals surface area contributed by atoms with E-state index in [9.17, 15) is 0 Å². The highest BCUT2D eigenvalue weighted by molar-refractivity contribution is 9.09. The molecule has 0 amide bonds. The van der Waals surface area contributed by atoms with Crippen LogP contribution in [0.2, 0.25) is 0 Å². The fourth-order valence-electron chi connectivity index (χ4n) is 0.997. The molecular weight excluding hydrogens is 253 g/mol. The Balaban J connectivity index is 3.79. The first-order chi connectivity index (χ1) is 6.24. The molecule has 0 aliphatic heterocycles. The van der Waals surface area contributed by atoms with Gasteiger partial charge in [-0.15, -0.1) is 0 Å². The zero-order valence-corrected chi connectivity index (χ0v) is 10.6. The summed E-state index contributed by atoms with van der Waals surface area (Å²) in [7, 11) is 1.72. The fraction of sp³-hybridized carbons (Fsp3) is 0.778. The second kappa shape index (κ2) is 9.00. The molecule has 0 unspecified atom stereocenters. The lowest BCUT2D eigenvalue weighted by Crippen LogP contribution is -2.30. The van der Waals surface area contributed by atoms with Crippen LogP contribution >= 0.6 is 27.5 Å². The minimum atomic E-state index is 0.766. The van der Waals surface area contributed by atoms with Crippen LogP contribution in [0.1, 0.15) is 6.92 Å². The molecule has 0 spiro atoms. The molecule has 78 valence electrons. The zero-order chi connectivity index (χ0) is 10.1. The maximum atomic E-state index is 5.60. The van der Waals surface area contributed by atoms with Crippen molar-refractivity contribution in [2.45, 2.75) is 6.92 Å². The highest BCUT2D eigenvalue weighted by atomic mass is 79.9. The van der Waals surface area contributed by atoms with Crippen LogP contribution in [0.25, 0.3) is 0 Å². The second-order valence-electron chi connectivity index (χ2n) is 2.91. The van der Waals surface area contributed by atoms with Crippen LogP contribution in [-0.4, -0.2) is 43.6 Å². The van der Waals surface area contributed by atoms with Gasteiger partial charge in [-0.1, -0.05) is 27.5 Å². The van der Waals surface area contributed by atoms with Crippen molar-refractivity contribution in [2.24, 2.45) is 0 Å². The van der Waals surface area contributed by atoms with Gasteiger partial charge in [0, 0.05) is 37.6 Å². The average Bonchev–Trinajstić information content (AvgIpc) is 2.14. The van der Waals surface area contributed by atoms with Crippen molar-refractivity contribution in [2.75, 3.05) is 38.7 Å². The Bertz CT molecular complexity index is 153. The molecule has 0 saturated heterocycles. The summed E-state index contributed by atoms with van der Waals surface area (Å²) in [5, 5.41) is 0.978. The maximum absolute atomic E-state index is 5.60. The van der Waals surface area contributed by atoms with Gasteiger partial charge in [-0.25, -0.2) is 0 Å². The summed E-state index contributed by atoms with van der Waals surface area (Å²) in [6, 6.07) is 0. The van der Waals surface area contributed by atoms with Gasteiger partial charge in [0.05, 0.1) is 6.61 Å². The van der Waals surface area contributed by atoms with Crippen molar-refractivity contribution in [1.82, 2.24) is 4.90 Å². The summed E-state index contributed by atoms with van der Waals surface area (Å²) in [6.45, 7) is 5.68. The van der Waals surface area contributed by atoms with E-state index in [1.807, 2.05) is 6.92 Å². The van der Waals surface area contributed by atoms with E-state index in [0.717, 1.165) is 31.6 Å². The normalized spacial score (nSPS) is 12.5. The van der Waals surface area contributed by atoms with Gasteiger partial charge in [0.25, 0.3) is 0 Å². The maximum Gasteiger partial charge on any atom is 0.0589 e. The lowest BCUT2D eigenvalue weighted by molar-refractivity contribution is 0.156. The van der Waals surface area contributed by atoms with Gasteiger partial charge >= 0.3 is 0 Å². The van der Waals surface area contributed by atoms with Gasteiger partial charge in [-0.3, -0.25) is 4.90 Å². The van der Waals surface area contributed by atoms with Gasteiger partial charge in [0.15, 0.2) is 0 Å². The lowest BCUT2D eigenvalue weighted by Gasteiger charge is -2.20. The molecule has 2 nitrogen and oxygen atoms in total. The Morgan fingerprint density at radius 3 is 2.69 bits per heavy atom. The SMILES string of the molecule is COCCN(CCBr)CC(C)=CCl. The van der Waals surface area contributed by atoms with Crippen LogP contribution in [-0.2, 0) is 4.74 Å². The monoisotopic (exact) mass is 269 g/mol. The molecule has 0 rings (SSSR count). The molecule has 0 atom stereocenters. The number of hydrogen-bond acceptors (Lipinski definition) is 2. The number of methoxy groups -OCH3 is 1. The molecule has 0 aromatic carbocycles. The Morgan fingerprint density at radius 2 is 2.23 bits per heavy atom. The topological polar surface area (TPSA) is 12.5 Å². The third-order valence-corrected chi connectivity index (χ3v) is 2.40. The molecule has 0 aliphatic rings. The van der Waals surface area contributed by atoms with Gasteiger partial charge < -0.3 is 4.74 Å². The standard InChI is InChI=1S/C9H17BrClNO/c1-9(7-11)8-12(4-3-10)5-6-13-2/h7H,3-6,8H2,1-2H3. The molecule has 0 bridgehead atoms.